The van der Waals surface area contributed by atoms with Gasteiger partial charge in [0.25, 0.3) is 0 Å². The summed E-state index contributed by atoms with van der Waals surface area (Å²) in [5, 5.41) is 9.46. The van der Waals surface area contributed by atoms with Gasteiger partial charge < -0.3 is 9.84 Å². The van der Waals surface area contributed by atoms with Crippen LogP contribution >= 0.6 is 23.1 Å². The molecule has 0 saturated carbocycles. The third-order valence-corrected chi connectivity index (χ3v) is 6.91. The van der Waals surface area contributed by atoms with Gasteiger partial charge in [0.2, 0.25) is 0 Å². The molecule has 170 valence electrons. The van der Waals surface area contributed by atoms with Crippen LogP contribution in [0.25, 0.3) is 10.6 Å². The number of carbonyl (C=O) groups is 1. The summed E-state index contributed by atoms with van der Waals surface area (Å²) < 4.78 is 58.0. The first-order valence-electron chi connectivity index (χ1n) is 9.35. The molecule has 0 unspecified atom stereocenters. The van der Waals surface area contributed by atoms with Crippen LogP contribution in [0.1, 0.15) is 30.0 Å². The zero-order chi connectivity index (χ0) is 23.7. The van der Waals surface area contributed by atoms with Gasteiger partial charge in [0.15, 0.2) is 5.60 Å². The van der Waals surface area contributed by atoms with E-state index >= 15 is 0 Å². The SMILES string of the molecule is Cc1nc(-c2ccc(C(F)(F)F)cc2F)sc1CSc1ccc(OC(C)(C)C(=O)O)cc1. The number of hydrogen-bond donors (Lipinski definition) is 1. The molecule has 0 aliphatic carbocycles. The van der Waals surface area contributed by atoms with Crippen molar-refractivity contribution >= 4 is 29.1 Å². The Labute approximate surface area is 190 Å². The Kier molecular flexibility index (Phi) is 6.85. The Balaban J connectivity index is 1.69. The standard InChI is InChI=1S/C22H19F4NO3S2/c1-12-18(11-31-15-7-5-14(6-8-15)30-21(2,3)20(28)29)32-19(27-12)16-9-4-13(10-17(16)23)22(24,25)26/h4-10H,11H2,1-3H3,(H,28,29). The van der Waals surface area contributed by atoms with E-state index in [9.17, 15) is 22.4 Å². The molecule has 0 amide bonds. The van der Waals surface area contributed by atoms with Gasteiger partial charge in [-0.3, -0.25) is 0 Å². The minimum absolute atomic E-state index is 0.0323. The highest BCUT2D eigenvalue weighted by atomic mass is 32.2. The number of nitrogens with zero attached hydrogens (tertiary/aromatic N) is 1. The number of halogens is 4. The molecule has 1 aromatic heterocycles. The molecule has 0 fully saturated rings. The molecule has 0 atom stereocenters. The van der Waals surface area contributed by atoms with Crippen LogP contribution < -0.4 is 4.74 Å². The highest BCUT2D eigenvalue weighted by molar-refractivity contribution is 7.98. The minimum atomic E-state index is -4.61. The van der Waals surface area contributed by atoms with Crippen molar-refractivity contribution < 1.29 is 32.2 Å². The smallest absolute Gasteiger partial charge is 0.416 e. The van der Waals surface area contributed by atoms with E-state index in [1.165, 1.54) is 36.9 Å². The van der Waals surface area contributed by atoms with E-state index in [0.717, 1.165) is 21.9 Å². The topological polar surface area (TPSA) is 59.4 Å². The average molecular weight is 486 g/mol. The summed E-state index contributed by atoms with van der Waals surface area (Å²) in [6.45, 7) is 4.69. The second-order valence-corrected chi connectivity index (χ2v) is 9.53. The van der Waals surface area contributed by atoms with Crippen LogP contribution in [0.5, 0.6) is 5.75 Å². The van der Waals surface area contributed by atoms with E-state index in [4.69, 9.17) is 9.84 Å². The molecule has 3 aromatic rings. The van der Waals surface area contributed by atoms with Crippen molar-refractivity contribution in [3.63, 3.8) is 0 Å². The second kappa shape index (κ2) is 9.11. The van der Waals surface area contributed by atoms with Gasteiger partial charge in [-0.1, -0.05) is 0 Å². The molecule has 0 aliphatic rings. The lowest BCUT2D eigenvalue weighted by Gasteiger charge is -2.21. The maximum atomic E-state index is 14.3. The number of thioether (sulfide) groups is 1. The number of carboxylic acid groups (broad SMARTS) is 1. The molecule has 0 bridgehead atoms. The summed E-state index contributed by atoms with van der Waals surface area (Å²) in [6.07, 6.45) is -4.61. The van der Waals surface area contributed by atoms with Gasteiger partial charge in [-0.2, -0.15) is 13.2 Å². The Morgan fingerprint density at radius 2 is 1.81 bits per heavy atom. The maximum absolute atomic E-state index is 14.3. The normalized spacial score (nSPS) is 12.1. The first-order chi connectivity index (χ1) is 14.9. The third-order valence-electron chi connectivity index (χ3n) is 4.50. The van der Waals surface area contributed by atoms with E-state index in [-0.39, 0.29) is 5.56 Å². The quantitative estimate of drug-likeness (QED) is 0.294. The Morgan fingerprint density at radius 3 is 2.38 bits per heavy atom. The molecule has 3 rings (SSSR count). The molecular weight excluding hydrogens is 466 g/mol. The summed E-state index contributed by atoms with van der Waals surface area (Å²) in [5.74, 6) is -1.08. The number of aromatic nitrogens is 1. The monoisotopic (exact) mass is 485 g/mol. The van der Waals surface area contributed by atoms with Crippen LogP contribution in [-0.4, -0.2) is 21.7 Å². The van der Waals surface area contributed by atoms with Crippen molar-refractivity contribution in [1.29, 1.82) is 0 Å². The zero-order valence-corrected chi connectivity index (χ0v) is 18.9. The summed E-state index contributed by atoms with van der Waals surface area (Å²) in [5.41, 5.74) is -1.68. The summed E-state index contributed by atoms with van der Waals surface area (Å²) in [6, 6.07) is 9.37. The lowest BCUT2D eigenvalue weighted by molar-refractivity contribution is -0.152. The van der Waals surface area contributed by atoms with Crippen molar-refractivity contribution in [3.05, 3.63) is 64.4 Å². The molecule has 0 saturated heterocycles. The second-order valence-electron chi connectivity index (χ2n) is 7.40. The minimum Gasteiger partial charge on any atom is -0.478 e. The molecule has 4 nitrogen and oxygen atoms in total. The van der Waals surface area contributed by atoms with Crippen molar-refractivity contribution in [2.24, 2.45) is 0 Å². The maximum Gasteiger partial charge on any atom is 0.416 e. The Morgan fingerprint density at radius 1 is 1.16 bits per heavy atom. The number of hydrogen-bond acceptors (Lipinski definition) is 5. The molecular formula is C22H19F4NO3S2. The van der Waals surface area contributed by atoms with Crippen LogP contribution in [-0.2, 0) is 16.7 Å². The van der Waals surface area contributed by atoms with Crippen LogP contribution in [0.3, 0.4) is 0 Å². The molecule has 0 radical (unpaired) electrons. The molecule has 0 aliphatic heterocycles. The predicted molar refractivity (Wildman–Crippen MR) is 116 cm³/mol. The number of aliphatic carboxylic acids is 1. The molecule has 10 heteroatoms. The fourth-order valence-corrected chi connectivity index (χ4v) is 4.77. The van der Waals surface area contributed by atoms with Crippen molar-refractivity contribution in [2.75, 3.05) is 0 Å². The van der Waals surface area contributed by atoms with Gasteiger partial charge in [-0.25, -0.2) is 14.2 Å². The Bertz CT molecular complexity index is 1130. The number of alkyl halides is 3. The van der Waals surface area contributed by atoms with Crippen LogP contribution in [0.4, 0.5) is 17.6 Å². The fourth-order valence-electron chi connectivity index (χ4n) is 2.63. The van der Waals surface area contributed by atoms with Gasteiger partial charge in [0.05, 0.1) is 11.3 Å². The first kappa shape index (κ1) is 24.1. The highest BCUT2D eigenvalue weighted by Gasteiger charge is 2.31. The highest BCUT2D eigenvalue weighted by Crippen LogP contribution is 2.36. The van der Waals surface area contributed by atoms with Gasteiger partial charge in [0.1, 0.15) is 16.6 Å². The summed E-state index contributed by atoms with van der Waals surface area (Å²) >= 11 is 2.73. The number of rotatable bonds is 7. The number of carboxylic acids is 1. The van der Waals surface area contributed by atoms with Crippen LogP contribution in [0.2, 0.25) is 0 Å². The van der Waals surface area contributed by atoms with E-state index in [2.05, 4.69) is 4.98 Å². The van der Waals surface area contributed by atoms with Gasteiger partial charge in [0, 0.05) is 21.1 Å². The molecule has 2 aromatic carbocycles. The van der Waals surface area contributed by atoms with Crippen molar-refractivity contribution in [2.45, 2.75) is 43.2 Å². The first-order valence-corrected chi connectivity index (χ1v) is 11.2. The number of aryl methyl sites for hydroxylation is 1. The molecule has 0 spiro atoms. The van der Waals surface area contributed by atoms with Crippen molar-refractivity contribution in [1.82, 2.24) is 4.98 Å². The molecule has 1 heterocycles. The number of thiazole rings is 1. The molecule has 1 N–H and O–H groups in total. The van der Waals surface area contributed by atoms with Crippen LogP contribution in [0, 0.1) is 12.7 Å². The largest absolute Gasteiger partial charge is 0.478 e. The third kappa shape index (κ3) is 5.60. The summed E-state index contributed by atoms with van der Waals surface area (Å²) in [4.78, 5) is 17.3. The van der Waals surface area contributed by atoms with E-state index in [1.807, 2.05) is 0 Å². The lowest BCUT2D eigenvalue weighted by Crippen LogP contribution is -2.37. The van der Waals surface area contributed by atoms with E-state index in [1.54, 1.807) is 31.2 Å². The van der Waals surface area contributed by atoms with Gasteiger partial charge >= 0.3 is 12.1 Å². The van der Waals surface area contributed by atoms with Gasteiger partial charge in [-0.15, -0.1) is 23.1 Å². The number of benzene rings is 2. The summed E-state index contributed by atoms with van der Waals surface area (Å²) in [7, 11) is 0. The number of ether oxygens (including phenoxy) is 1. The zero-order valence-electron chi connectivity index (χ0n) is 17.3. The fraction of sp³-hybridized carbons (Fsp3) is 0.273. The lowest BCUT2D eigenvalue weighted by atomic mass is 10.1. The predicted octanol–water partition coefficient (Wildman–Crippen LogP) is 6.81. The van der Waals surface area contributed by atoms with Crippen LogP contribution in [0.15, 0.2) is 47.4 Å². The van der Waals surface area contributed by atoms with E-state index < -0.39 is 29.1 Å². The Hall–Kier alpha value is -2.59. The van der Waals surface area contributed by atoms with Gasteiger partial charge in [-0.05, 0) is 63.2 Å². The van der Waals surface area contributed by atoms with E-state index in [0.29, 0.717) is 28.3 Å². The van der Waals surface area contributed by atoms with Crippen molar-refractivity contribution in [3.8, 4) is 16.3 Å². The molecule has 32 heavy (non-hydrogen) atoms. The average Bonchev–Trinajstić information content (AvgIpc) is 3.06.